The minimum atomic E-state index is 0. The van der Waals surface area contributed by atoms with Gasteiger partial charge in [0.1, 0.15) is 6.67 Å². The van der Waals surface area contributed by atoms with Crippen molar-refractivity contribution in [3.05, 3.63) is 12.3 Å². The van der Waals surface area contributed by atoms with Crippen molar-refractivity contribution in [2.24, 2.45) is 4.99 Å². The molecular formula is C16H31ClN2. The molecule has 0 aromatic rings. The fourth-order valence-electron chi connectivity index (χ4n) is 2.37. The minimum absolute atomic E-state index is 0. The Morgan fingerprint density at radius 2 is 1.47 bits per heavy atom. The summed E-state index contributed by atoms with van der Waals surface area (Å²) >= 11 is 0. The molecule has 2 nitrogen and oxygen atoms in total. The molecule has 1 aliphatic rings. The molecule has 0 aliphatic carbocycles. The summed E-state index contributed by atoms with van der Waals surface area (Å²) in [6.45, 7) is 4.31. The Bertz CT molecular complexity index is 239. The van der Waals surface area contributed by atoms with E-state index in [9.17, 15) is 0 Å². The van der Waals surface area contributed by atoms with E-state index in [2.05, 4.69) is 23.0 Å². The van der Waals surface area contributed by atoms with Gasteiger partial charge in [-0.1, -0.05) is 64.7 Å². The maximum Gasteiger partial charge on any atom is 0.109 e. The van der Waals surface area contributed by atoms with Crippen LogP contribution in [0.15, 0.2) is 17.3 Å². The lowest BCUT2D eigenvalue weighted by atomic mass is 10.1. The molecule has 3 heteroatoms. The van der Waals surface area contributed by atoms with Crippen molar-refractivity contribution < 1.29 is 0 Å². The molecule has 0 atom stereocenters. The van der Waals surface area contributed by atoms with Gasteiger partial charge in [0.15, 0.2) is 0 Å². The van der Waals surface area contributed by atoms with Crippen molar-refractivity contribution in [2.75, 3.05) is 13.2 Å². The van der Waals surface area contributed by atoms with E-state index in [1.165, 1.54) is 70.8 Å². The van der Waals surface area contributed by atoms with Crippen LogP contribution in [-0.2, 0) is 0 Å². The fourth-order valence-corrected chi connectivity index (χ4v) is 2.37. The minimum Gasteiger partial charge on any atom is -0.358 e. The first-order chi connectivity index (χ1) is 8.93. The van der Waals surface area contributed by atoms with E-state index in [0.29, 0.717) is 0 Å². The Labute approximate surface area is 125 Å². The third kappa shape index (κ3) is 11.1. The first-order valence-electron chi connectivity index (χ1n) is 7.84. The van der Waals surface area contributed by atoms with Gasteiger partial charge < -0.3 is 4.90 Å². The molecule has 0 spiro atoms. The average molecular weight is 287 g/mol. The average Bonchev–Trinajstić information content (AvgIpc) is 2.42. The zero-order valence-electron chi connectivity index (χ0n) is 12.5. The zero-order valence-corrected chi connectivity index (χ0v) is 13.3. The largest absolute Gasteiger partial charge is 0.358 e. The van der Waals surface area contributed by atoms with E-state index >= 15 is 0 Å². The Balaban J connectivity index is 0.00000324. The van der Waals surface area contributed by atoms with Gasteiger partial charge in [-0.25, -0.2) is 0 Å². The molecule has 0 radical (unpaired) electrons. The molecule has 0 N–H and O–H groups in total. The number of unbranched alkanes of at least 4 members (excludes halogenated alkanes) is 9. The van der Waals surface area contributed by atoms with E-state index in [1.54, 1.807) is 0 Å². The van der Waals surface area contributed by atoms with Crippen molar-refractivity contribution in [3.8, 4) is 0 Å². The molecule has 1 aliphatic heterocycles. The molecular weight excluding hydrogens is 256 g/mol. The van der Waals surface area contributed by atoms with Crippen LogP contribution in [0.1, 0.15) is 71.1 Å². The first-order valence-corrected chi connectivity index (χ1v) is 7.84. The quantitative estimate of drug-likeness (QED) is 0.477. The van der Waals surface area contributed by atoms with Gasteiger partial charge in [-0.3, -0.25) is 4.99 Å². The molecule has 0 aromatic carbocycles. The van der Waals surface area contributed by atoms with Crippen LogP contribution in [0.5, 0.6) is 0 Å². The second-order valence-electron chi connectivity index (χ2n) is 5.31. The van der Waals surface area contributed by atoms with E-state index in [-0.39, 0.29) is 12.4 Å². The van der Waals surface area contributed by atoms with E-state index < -0.39 is 0 Å². The summed E-state index contributed by atoms with van der Waals surface area (Å²) in [6.07, 6.45) is 20.2. The highest BCUT2D eigenvalue weighted by Crippen LogP contribution is 2.11. The highest BCUT2D eigenvalue weighted by atomic mass is 35.5. The topological polar surface area (TPSA) is 15.6 Å². The molecule has 0 unspecified atom stereocenters. The van der Waals surface area contributed by atoms with Crippen LogP contribution in [-0.4, -0.2) is 24.3 Å². The van der Waals surface area contributed by atoms with Gasteiger partial charge in [0.2, 0.25) is 0 Å². The molecule has 0 amide bonds. The maximum absolute atomic E-state index is 4.24. The Hall–Kier alpha value is -0.500. The first kappa shape index (κ1) is 18.5. The number of rotatable bonds is 11. The molecule has 1 heterocycles. The molecule has 112 valence electrons. The van der Waals surface area contributed by atoms with Crippen LogP contribution in [0.3, 0.4) is 0 Å². The molecule has 0 fully saturated rings. The van der Waals surface area contributed by atoms with Gasteiger partial charge in [-0.05, 0) is 12.5 Å². The molecule has 0 saturated heterocycles. The van der Waals surface area contributed by atoms with Gasteiger partial charge in [-0.2, -0.15) is 0 Å². The lowest BCUT2D eigenvalue weighted by Gasteiger charge is -2.19. The highest BCUT2D eigenvalue weighted by Gasteiger charge is 1.99. The van der Waals surface area contributed by atoms with Crippen molar-refractivity contribution in [2.45, 2.75) is 71.1 Å². The molecule has 0 aromatic heterocycles. The predicted molar refractivity (Wildman–Crippen MR) is 88.3 cm³/mol. The summed E-state index contributed by atoms with van der Waals surface area (Å²) in [5, 5.41) is 0. The fraction of sp³-hybridized carbons (Fsp3) is 0.812. The van der Waals surface area contributed by atoms with Gasteiger partial charge in [0, 0.05) is 19.0 Å². The van der Waals surface area contributed by atoms with Crippen LogP contribution in [0.4, 0.5) is 0 Å². The van der Waals surface area contributed by atoms with Crippen LogP contribution in [0.25, 0.3) is 0 Å². The van der Waals surface area contributed by atoms with Crippen LogP contribution in [0, 0.1) is 0 Å². The third-order valence-corrected chi connectivity index (χ3v) is 3.55. The SMILES string of the molecule is CCCCCCCCCCCCN1C=CC=NC1.Cl. The second kappa shape index (κ2) is 13.9. The summed E-state index contributed by atoms with van der Waals surface area (Å²) in [4.78, 5) is 6.53. The van der Waals surface area contributed by atoms with Gasteiger partial charge in [0.05, 0.1) is 0 Å². The summed E-state index contributed by atoms with van der Waals surface area (Å²) in [5.41, 5.74) is 0. The zero-order chi connectivity index (χ0) is 12.9. The molecule has 0 saturated carbocycles. The Kier molecular flexibility index (Phi) is 13.6. The lowest BCUT2D eigenvalue weighted by molar-refractivity contribution is 0.370. The lowest BCUT2D eigenvalue weighted by Crippen LogP contribution is -2.20. The van der Waals surface area contributed by atoms with Crippen molar-refractivity contribution >= 4 is 18.6 Å². The molecule has 0 bridgehead atoms. The van der Waals surface area contributed by atoms with Gasteiger partial charge in [-0.15, -0.1) is 12.4 Å². The second-order valence-corrected chi connectivity index (χ2v) is 5.31. The van der Waals surface area contributed by atoms with Crippen LogP contribution in [0.2, 0.25) is 0 Å². The number of allylic oxidation sites excluding steroid dienone is 1. The van der Waals surface area contributed by atoms with E-state index in [4.69, 9.17) is 0 Å². The Morgan fingerprint density at radius 1 is 0.895 bits per heavy atom. The van der Waals surface area contributed by atoms with E-state index in [0.717, 1.165) is 6.67 Å². The molecule has 19 heavy (non-hydrogen) atoms. The van der Waals surface area contributed by atoms with Crippen LogP contribution < -0.4 is 0 Å². The standard InChI is InChI=1S/C16H30N2.ClH/c1-2-3-4-5-6-7-8-9-10-11-14-18-15-12-13-17-16-18;/h12-13,15H,2-11,14,16H2,1H3;1H. The van der Waals surface area contributed by atoms with Crippen molar-refractivity contribution in [1.82, 2.24) is 4.90 Å². The summed E-state index contributed by atoms with van der Waals surface area (Å²) in [6, 6.07) is 0. The number of halogens is 1. The smallest absolute Gasteiger partial charge is 0.109 e. The van der Waals surface area contributed by atoms with Crippen LogP contribution >= 0.6 is 12.4 Å². The maximum atomic E-state index is 4.24. The van der Waals surface area contributed by atoms with E-state index in [1.807, 2.05) is 12.3 Å². The van der Waals surface area contributed by atoms with Gasteiger partial charge >= 0.3 is 0 Å². The van der Waals surface area contributed by atoms with Gasteiger partial charge in [0.25, 0.3) is 0 Å². The number of hydrogen-bond acceptors (Lipinski definition) is 2. The highest BCUT2D eigenvalue weighted by molar-refractivity contribution is 5.85. The number of hydrogen-bond donors (Lipinski definition) is 0. The van der Waals surface area contributed by atoms with Crippen molar-refractivity contribution in [3.63, 3.8) is 0 Å². The summed E-state index contributed by atoms with van der Waals surface area (Å²) in [5.74, 6) is 0. The summed E-state index contributed by atoms with van der Waals surface area (Å²) < 4.78 is 0. The molecule has 1 rings (SSSR count). The normalized spacial score (nSPS) is 13.6. The van der Waals surface area contributed by atoms with Crippen molar-refractivity contribution in [1.29, 1.82) is 0 Å². The predicted octanol–water partition coefficient (Wildman–Crippen LogP) is 5.19. The monoisotopic (exact) mass is 286 g/mol. The number of nitrogens with zero attached hydrogens (tertiary/aromatic N) is 2. The number of aliphatic imine (C=N–C) groups is 1. The third-order valence-electron chi connectivity index (χ3n) is 3.55. The summed E-state index contributed by atoms with van der Waals surface area (Å²) in [7, 11) is 0. The Morgan fingerprint density at radius 3 is 2.00 bits per heavy atom.